The Balaban J connectivity index is 1.58. The molecule has 1 saturated carbocycles. The third kappa shape index (κ3) is 4.89. The van der Waals surface area contributed by atoms with Crippen molar-refractivity contribution in [1.82, 2.24) is 24.4 Å². The third-order valence-corrected chi connectivity index (χ3v) is 7.82. The number of aromatic nitrogens is 3. The van der Waals surface area contributed by atoms with Crippen molar-refractivity contribution >= 4 is 17.6 Å². The molecule has 1 saturated heterocycles. The number of aliphatic hydroxyl groups is 1. The van der Waals surface area contributed by atoms with Gasteiger partial charge in [-0.2, -0.15) is 5.10 Å². The molecule has 2 amide bonds. The van der Waals surface area contributed by atoms with Gasteiger partial charge in [-0.1, -0.05) is 13.0 Å². The lowest BCUT2D eigenvalue weighted by Gasteiger charge is -2.46. The molecule has 11 heteroatoms. The highest BCUT2D eigenvalue weighted by Crippen LogP contribution is 2.44. The lowest BCUT2D eigenvalue weighted by molar-refractivity contribution is -0.142. The topological polar surface area (TPSA) is 111 Å². The van der Waals surface area contributed by atoms with Crippen molar-refractivity contribution < 1.29 is 28.6 Å². The largest absolute Gasteiger partial charge is 0.465 e. The maximum absolute atomic E-state index is 13.9. The predicted molar refractivity (Wildman–Crippen MR) is 128 cm³/mol. The Kier molecular flexibility index (Phi) is 6.74. The van der Waals surface area contributed by atoms with E-state index in [1.807, 2.05) is 19.1 Å². The van der Waals surface area contributed by atoms with Crippen LogP contribution in [-0.4, -0.2) is 77.2 Å². The third-order valence-electron chi connectivity index (χ3n) is 7.82. The van der Waals surface area contributed by atoms with E-state index < -0.39 is 54.0 Å². The molecule has 9 nitrogen and oxygen atoms in total. The summed E-state index contributed by atoms with van der Waals surface area (Å²) < 4.78 is 29.5. The Morgan fingerprint density at radius 1 is 1.19 bits per heavy atom. The number of nitrogens with zero attached hydrogens (tertiary/aromatic N) is 5. The first-order valence-electron chi connectivity index (χ1n) is 12.4. The number of amides is 2. The lowest BCUT2D eigenvalue weighted by Crippen LogP contribution is -2.60. The summed E-state index contributed by atoms with van der Waals surface area (Å²) >= 11 is 0. The molecule has 2 N–H and O–H groups in total. The van der Waals surface area contributed by atoms with Gasteiger partial charge in [0.1, 0.15) is 18.0 Å². The fourth-order valence-electron chi connectivity index (χ4n) is 5.86. The first-order valence-corrected chi connectivity index (χ1v) is 12.4. The van der Waals surface area contributed by atoms with E-state index in [0.29, 0.717) is 37.0 Å². The van der Waals surface area contributed by atoms with E-state index in [-0.39, 0.29) is 12.5 Å². The van der Waals surface area contributed by atoms with Crippen LogP contribution >= 0.6 is 0 Å². The summed E-state index contributed by atoms with van der Waals surface area (Å²) in [7, 11) is 0. The van der Waals surface area contributed by atoms with Crippen LogP contribution in [-0.2, 0) is 10.4 Å². The fourth-order valence-corrected chi connectivity index (χ4v) is 5.86. The molecular weight excluding hydrogens is 472 g/mol. The molecule has 2 aromatic heterocycles. The van der Waals surface area contributed by atoms with Crippen LogP contribution < -0.4 is 0 Å². The van der Waals surface area contributed by atoms with E-state index in [9.17, 15) is 28.6 Å². The molecule has 198 valence electrons. The molecular formula is C25H35F2N5O4. The standard InChI is InChI=1S/C25H35F2N5O4/c1-16(17-8-10-24(36,11-9-17)18-6-5-7-19-28-15-29-32(18)19)20(31(22(34)35)23(2,3)4)21(33)30-13-12-25(26,27)14-30/h5-7,15-17,20,36H,8-14H2,1-4H3,(H,34,35)/t16-,17?,20-,24?/m0/s1. The highest BCUT2D eigenvalue weighted by atomic mass is 19.3. The number of rotatable bonds is 5. The average Bonchev–Trinajstić information content (AvgIpc) is 3.41. The van der Waals surface area contributed by atoms with Gasteiger partial charge >= 0.3 is 6.09 Å². The number of likely N-dealkylation sites (tertiary alicyclic amines) is 1. The molecule has 0 radical (unpaired) electrons. The van der Waals surface area contributed by atoms with Crippen molar-refractivity contribution in [2.75, 3.05) is 13.1 Å². The molecule has 4 rings (SSSR count). The molecule has 0 unspecified atom stereocenters. The van der Waals surface area contributed by atoms with Gasteiger partial charge in [-0.25, -0.2) is 23.1 Å². The molecule has 0 aromatic carbocycles. The van der Waals surface area contributed by atoms with E-state index in [4.69, 9.17) is 0 Å². The van der Waals surface area contributed by atoms with Crippen molar-refractivity contribution in [2.45, 2.75) is 82.9 Å². The molecule has 36 heavy (non-hydrogen) atoms. The summed E-state index contributed by atoms with van der Waals surface area (Å²) in [6, 6.07) is 4.34. The number of pyridine rings is 1. The van der Waals surface area contributed by atoms with Gasteiger partial charge in [-0.15, -0.1) is 0 Å². The Labute approximate surface area is 209 Å². The van der Waals surface area contributed by atoms with E-state index in [1.54, 1.807) is 31.4 Å². The van der Waals surface area contributed by atoms with Gasteiger partial charge < -0.3 is 15.1 Å². The number of halogens is 2. The van der Waals surface area contributed by atoms with Gasteiger partial charge in [-0.3, -0.25) is 9.69 Å². The first-order chi connectivity index (χ1) is 16.7. The minimum atomic E-state index is -2.97. The van der Waals surface area contributed by atoms with Crippen molar-refractivity contribution in [2.24, 2.45) is 11.8 Å². The number of fused-ring (bicyclic) bond motifs is 1. The van der Waals surface area contributed by atoms with Gasteiger partial charge in [0, 0.05) is 18.5 Å². The summed E-state index contributed by atoms with van der Waals surface area (Å²) in [5.41, 5.74) is -0.791. The molecule has 0 spiro atoms. The summed E-state index contributed by atoms with van der Waals surface area (Å²) in [5, 5.41) is 25.8. The normalized spacial score (nSPS) is 26.1. The quantitative estimate of drug-likeness (QED) is 0.638. The number of carbonyl (C=O) groups is 2. The zero-order chi connectivity index (χ0) is 26.5. The maximum Gasteiger partial charge on any atom is 0.408 e. The maximum atomic E-state index is 13.9. The van der Waals surface area contributed by atoms with Crippen molar-refractivity contribution in [3.05, 3.63) is 30.2 Å². The molecule has 1 aliphatic carbocycles. The van der Waals surface area contributed by atoms with Crippen molar-refractivity contribution in [3.63, 3.8) is 0 Å². The Morgan fingerprint density at radius 3 is 2.42 bits per heavy atom. The fraction of sp³-hybridized carbons (Fsp3) is 0.680. The number of hydrogen-bond acceptors (Lipinski definition) is 5. The van der Waals surface area contributed by atoms with Gasteiger partial charge in [0.25, 0.3) is 5.92 Å². The van der Waals surface area contributed by atoms with Gasteiger partial charge in [0.15, 0.2) is 5.65 Å². The number of hydrogen-bond donors (Lipinski definition) is 2. The number of alkyl halides is 2. The molecule has 2 fully saturated rings. The van der Waals surface area contributed by atoms with Crippen LogP contribution in [0.2, 0.25) is 0 Å². The number of carbonyl (C=O) groups excluding carboxylic acids is 1. The van der Waals surface area contributed by atoms with Crippen LogP contribution in [0, 0.1) is 11.8 Å². The zero-order valence-electron chi connectivity index (χ0n) is 21.2. The predicted octanol–water partition coefficient (Wildman–Crippen LogP) is 3.76. The molecule has 2 aromatic rings. The van der Waals surface area contributed by atoms with Gasteiger partial charge in [0.05, 0.1) is 12.2 Å². The second kappa shape index (κ2) is 9.24. The highest BCUT2D eigenvalue weighted by molar-refractivity contribution is 5.86. The molecule has 3 heterocycles. The second-order valence-corrected chi connectivity index (χ2v) is 11.3. The second-order valence-electron chi connectivity index (χ2n) is 11.3. The van der Waals surface area contributed by atoms with E-state index in [2.05, 4.69) is 10.1 Å². The molecule has 2 aliphatic rings. The number of carboxylic acid groups (broad SMARTS) is 1. The van der Waals surface area contributed by atoms with Crippen LogP contribution in [0.15, 0.2) is 24.5 Å². The van der Waals surface area contributed by atoms with E-state index in [1.165, 1.54) is 6.33 Å². The lowest BCUT2D eigenvalue weighted by atomic mass is 9.70. The van der Waals surface area contributed by atoms with E-state index >= 15 is 0 Å². The Morgan fingerprint density at radius 2 is 1.86 bits per heavy atom. The Bertz CT molecular complexity index is 1120. The van der Waals surface area contributed by atoms with Gasteiger partial charge in [-0.05, 0) is 70.4 Å². The zero-order valence-corrected chi connectivity index (χ0v) is 21.2. The summed E-state index contributed by atoms with van der Waals surface area (Å²) in [5.74, 6) is -4.07. The van der Waals surface area contributed by atoms with Gasteiger partial charge in [0.2, 0.25) is 5.91 Å². The SMILES string of the molecule is C[C@@H](C1CCC(O)(c2cccc3ncnn23)CC1)[C@@H](C(=O)N1CCC(F)(F)C1)N(C(=O)O)C(C)(C)C. The smallest absolute Gasteiger partial charge is 0.408 e. The van der Waals surface area contributed by atoms with Crippen LogP contribution in [0.25, 0.3) is 5.65 Å². The van der Waals surface area contributed by atoms with E-state index in [0.717, 1.165) is 9.80 Å². The highest BCUT2D eigenvalue weighted by Gasteiger charge is 2.49. The summed E-state index contributed by atoms with van der Waals surface area (Å²) in [6.07, 6.45) is 1.62. The van der Waals surface area contributed by atoms with Crippen LogP contribution in [0.5, 0.6) is 0 Å². The van der Waals surface area contributed by atoms with Crippen LogP contribution in [0.1, 0.15) is 65.5 Å². The average molecular weight is 508 g/mol. The molecule has 2 atom stereocenters. The summed E-state index contributed by atoms with van der Waals surface area (Å²) in [6.45, 7) is 6.13. The molecule has 0 bridgehead atoms. The minimum absolute atomic E-state index is 0.0820. The van der Waals surface area contributed by atoms with Crippen molar-refractivity contribution in [3.8, 4) is 0 Å². The monoisotopic (exact) mass is 507 g/mol. The van der Waals surface area contributed by atoms with Crippen molar-refractivity contribution in [1.29, 1.82) is 0 Å². The first kappa shape index (κ1) is 26.2. The van der Waals surface area contributed by atoms with Crippen LogP contribution in [0.3, 0.4) is 0 Å². The summed E-state index contributed by atoms with van der Waals surface area (Å²) in [4.78, 5) is 32.4. The molecule has 1 aliphatic heterocycles. The van der Waals surface area contributed by atoms with Crippen LogP contribution in [0.4, 0.5) is 13.6 Å². The minimum Gasteiger partial charge on any atom is -0.465 e. The Hall–Kier alpha value is -2.82.